The number of methoxy groups -OCH3 is 1. The van der Waals surface area contributed by atoms with Gasteiger partial charge in [0.1, 0.15) is 0 Å². The van der Waals surface area contributed by atoms with E-state index in [2.05, 4.69) is 24.9 Å². The maximum atomic E-state index is 11.4. The Morgan fingerprint density at radius 1 is 1.33 bits per heavy atom. The molecule has 12 nitrogen and oxygen atoms in total. The van der Waals surface area contributed by atoms with Crippen molar-refractivity contribution >= 4 is 40.5 Å². The van der Waals surface area contributed by atoms with Crippen LogP contribution >= 0.6 is 11.8 Å². The number of carboxylic acids is 1. The molecule has 3 heterocycles. The van der Waals surface area contributed by atoms with Gasteiger partial charge in [-0.3, -0.25) is 4.57 Å². The molecule has 0 atom stereocenters. The van der Waals surface area contributed by atoms with Gasteiger partial charge in [0, 0.05) is 19.7 Å². The molecule has 0 bridgehead atoms. The van der Waals surface area contributed by atoms with Crippen LogP contribution in [0.1, 0.15) is 26.5 Å². The maximum absolute atomic E-state index is 11.4. The minimum atomic E-state index is -1.24. The number of carbonyl (C=O) groups excluding carboxylic acids is 1. The molecular formula is C17H15ClN6O6. The number of carboxylic acid groups (broad SMARTS) is 1. The van der Waals surface area contributed by atoms with Gasteiger partial charge in [-0.1, -0.05) is 11.3 Å². The predicted octanol–water partition coefficient (Wildman–Crippen LogP) is 0.984. The van der Waals surface area contributed by atoms with Gasteiger partial charge in [-0.15, -0.1) is 5.10 Å². The van der Waals surface area contributed by atoms with E-state index in [0.29, 0.717) is 12.1 Å². The van der Waals surface area contributed by atoms with Crippen LogP contribution in [0, 0.1) is 0 Å². The van der Waals surface area contributed by atoms with Crippen molar-refractivity contribution in [2.75, 3.05) is 7.11 Å². The number of hydrogen-bond acceptors (Lipinski definition) is 9. The molecule has 13 heteroatoms. The molecule has 0 aliphatic rings. The molecule has 3 aromatic heterocycles. The van der Waals surface area contributed by atoms with Crippen LogP contribution in [0.3, 0.4) is 0 Å². The molecule has 0 saturated heterocycles. The van der Waals surface area contributed by atoms with E-state index in [1.165, 1.54) is 17.9 Å². The number of aryl methyl sites for hydroxylation is 1. The zero-order valence-corrected chi connectivity index (χ0v) is 16.5. The molecule has 0 saturated carbocycles. The minimum Gasteiger partial charge on any atom is -0.477 e. The number of nitrogens with zero attached hydrogens (tertiary/aromatic N) is 5. The predicted molar refractivity (Wildman–Crippen MR) is 103 cm³/mol. The van der Waals surface area contributed by atoms with Crippen LogP contribution in [0.2, 0.25) is 0 Å². The van der Waals surface area contributed by atoms with Gasteiger partial charge >= 0.3 is 17.7 Å². The second-order valence-corrected chi connectivity index (χ2v) is 6.13. The van der Waals surface area contributed by atoms with Crippen LogP contribution in [0.5, 0.6) is 0 Å². The molecule has 0 aliphatic carbocycles. The average Bonchev–Trinajstić information content (AvgIpc) is 3.32. The molecular weight excluding hydrogens is 420 g/mol. The van der Waals surface area contributed by atoms with E-state index in [-0.39, 0.29) is 22.8 Å². The first-order chi connectivity index (χ1) is 14.3. The van der Waals surface area contributed by atoms with Crippen molar-refractivity contribution in [2.45, 2.75) is 6.54 Å². The molecule has 0 unspecified atom stereocenters. The highest BCUT2D eigenvalue weighted by Gasteiger charge is 2.17. The first-order valence-corrected chi connectivity index (χ1v) is 8.68. The number of rotatable bonds is 4. The molecule has 156 valence electrons. The van der Waals surface area contributed by atoms with E-state index in [4.69, 9.17) is 21.3 Å². The molecule has 30 heavy (non-hydrogen) atoms. The fourth-order valence-corrected chi connectivity index (χ4v) is 2.70. The Hall–Kier alpha value is -3.77. The van der Waals surface area contributed by atoms with Gasteiger partial charge in [0.25, 0.3) is 0 Å². The van der Waals surface area contributed by atoms with Gasteiger partial charge in [0.15, 0.2) is 22.6 Å². The lowest BCUT2D eigenvalue weighted by Gasteiger charge is -2.02. The van der Waals surface area contributed by atoms with Crippen LogP contribution in [0.25, 0.3) is 16.7 Å². The summed E-state index contributed by atoms with van der Waals surface area (Å²) in [6.07, 6.45) is 1.25. The first-order valence-electron chi connectivity index (χ1n) is 8.30. The van der Waals surface area contributed by atoms with Crippen molar-refractivity contribution in [3.05, 3.63) is 58.0 Å². The zero-order chi connectivity index (χ0) is 21.8. The molecule has 2 N–H and O–H groups in total. The summed E-state index contributed by atoms with van der Waals surface area (Å²) in [5.41, 5.74) is 2.23. The number of oxazole rings is 1. The van der Waals surface area contributed by atoms with E-state index in [1.54, 1.807) is 13.1 Å². The summed E-state index contributed by atoms with van der Waals surface area (Å²) in [7, 11) is 2.86. The van der Waals surface area contributed by atoms with Crippen LogP contribution in [0.4, 0.5) is 0 Å². The maximum Gasteiger partial charge on any atom is 0.419 e. The Labute approximate surface area is 172 Å². The summed E-state index contributed by atoms with van der Waals surface area (Å²) in [6, 6.07) is 6.58. The number of hydrogen-bond donors (Lipinski definition) is 2. The van der Waals surface area contributed by atoms with E-state index < -0.39 is 11.9 Å². The van der Waals surface area contributed by atoms with E-state index in [1.807, 2.05) is 12.1 Å². The highest BCUT2D eigenvalue weighted by atomic mass is 35.5. The summed E-state index contributed by atoms with van der Waals surface area (Å²) >= 11 is 5.39. The largest absolute Gasteiger partial charge is 0.477 e. The Balaban J connectivity index is 0.000000172. The van der Waals surface area contributed by atoms with Crippen molar-refractivity contribution in [3.8, 4) is 0 Å². The molecule has 1 aromatic carbocycles. The summed E-state index contributed by atoms with van der Waals surface area (Å²) in [5, 5.41) is 15.9. The highest BCUT2D eigenvalue weighted by Crippen LogP contribution is 2.14. The van der Waals surface area contributed by atoms with Crippen molar-refractivity contribution < 1.29 is 23.8 Å². The Bertz CT molecular complexity index is 1290. The average molecular weight is 435 g/mol. The minimum absolute atomic E-state index is 0.0394. The number of fused-ring (bicyclic) bond motifs is 2. The summed E-state index contributed by atoms with van der Waals surface area (Å²) < 4.78 is 12.1. The number of ether oxygens (including phenoxy) is 1. The molecule has 0 spiro atoms. The zero-order valence-electron chi connectivity index (χ0n) is 15.7. The summed E-state index contributed by atoms with van der Waals surface area (Å²) in [4.78, 5) is 39.6. The topological polar surface area (TPSA) is 154 Å². The van der Waals surface area contributed by atoms with Gasteiger partial charge < -0.3 is 14.3 Å². The SMILES string of the molecule is COC(=O)c1cc(C(=O)O)nc2cnnn12.Cn1c(=O)oc2ccc(CNCl)cc21. The van der Waals surface area contributed by atoms with Crippen LogP contribution < -0.4 is 10.6 Å². The Morgan fingerprint density at radius 2 is 2.10 bits per heavy atom. The van der Waals surface area contributed by atoms with Crippen LogP contribution in [-0.4, -0.2) is 48.5 Å². The molecule has 0 fully saturated rings. The third kappa shape index (κ3) is 4.14. The number of aromatic nitrogens is 5. The van der Waals surface area contributed by atoms with Gasteiger partial charge in [0.2, 0.25) is 0 Å². The third-order valence-electron chi connectivity index (χ3n) is 4.01. The summed E-state index contributed by atoms with van der Waals surface area (Å²) in [5.74, 6) is -2.30. The number of esters is 1. The second kappa shape index (κ2) is 8.71. The van der Waals surface area contributed by atoms with Crippen molar-refractivity contribution in [2.24, 2.45) is 7.05 Å². The summed E-state index contributed by atoms with van der Waals surface area (Å²) in [6.45, 7) is 0.552. The lowest BCUT2D eigenvalue weighted by atomic mass is 10.2. The van der Waals surface area contributed by atoms with E-state index in [0.717, 1.165) is 21.7 Å². The molecule has 4 rings (SSSR count). The fraction of sp³-hybridized carbons (Fsp3) is 0.176. The fourth-order valence-electron chi connectivity index (χ4n) is 2.54. The highest BCUT2D eigenvalue weighted by molar-refractivity contribution is 6.13. The van der Waals surface area contributed by atoms with Crippen LogP contribution in [-0.2, 0) is 18.3 Å². The standard InChI is InChI=1S/C9H9ClN2O2.C8H6N4O4/c1-12-7-4-6(5-11-10)2-3-8(7)14-9(12)13;1-16-8(15)5-2-4(7(13)14)10-6-3-9-11-12(5)6/h2-4,11H,5H2,1H3;2-3H,1H3,(H,13,14). The molecule has 0 radical (unpaired) electrons. The smallest absolute Gasteiger partial charge is 0.419 e. The first kappa shape index (κ1) is 21.0. The number of halogens is 1. The van der Waals surface area contributed by atoms with E-state index >= 15 is 0 Å². The van der Waals surface area contributed by atoms with Gasteiger partial charge in [-0.05, 0) is 29.5 Å². The van der Waals surface area contributed by atoms with Crippen LogP contribution in [0.15, 0.2) is 39.7 Å². The second-order valence-electron chi connectivity index (χ2n) is 5.87. The van der Waals surface area contributed by atoms with Gasteiger partial charge in [-0.25, -0.2) is 24.2 Å². The Morgan fingerprint density at radius 3 is 2.77 bits per heavy atom. The number of benzene rings is 1. The monoisotopic (exact) mass is 434 g/mol. The number of carbonyl (C=O) groups is 2. The Kier molecular flexibility index (Phi) is 6.09. The normalized spacial score (nSPS) is 10.6. The van der Waals surface area contributed by atoms with Gasteiger partial charge in [-0.2, -0.15) is 4.52 Å². The van der Waals surface area contributed by atoms with Crippen molar-refractivity contribution in [1.82, 2.24) is 29.2 Å². The quantitative estimate of drug-likeness (QED) is 0.351. The van der Waals surface area contributed by atoms with Crippen molar-refractivity contribution in [1.29, 1.82) is 0 Å². The lowest BCUT2D eigenvalue weighted by Crippen LogP contribution is -2.13. The molecule has 0 amide bonds. The molecule has 0 aliphatic heterocycles. The van der Waals surface area contributed by atoms with Crippen molar-refractivity contribution in [3.63, 3.8) is 0 Å². The number of nitrogens with one attached hydrogen (secondary N) is 1. The number of aromatic carboxylic acids is 1. The molecule has 4 aromatic rings. The lowest BCUT2D eigenvalue weighted by molar-refractivity contribution is 0.0590. The van der Waals surface area contributed by atoms with E-state index in [9.17, 15) is 14.4 Å². The van der Waals surface area contributed by atoms with Gasteiger partial charge in [0.05, 0.1) is 18.8 Å². The third-order valence-corrected chi connectivity index (χ3v) is 4.14.